The molecule has 0 amide bonds. The summed E-state index contributed by atoms with van der Waals surface area (Å²) in [5, 5.41) is 0. The summed E-state index contributed by atoms with van der Waals surface area (Å²) in [6, 6.07) is 8.88. The Labute approximate surface area is 134 Å². The van der Waals surface area contributed by atoms with Gasteiger partial charge in [0.15, 0.2) is 0 Å². The number of carbonyl (C=O) groups excluding carboxylic acids is 1. The molecular formula is C18H21F3O2. The number of ether oxygens (including phenoxy) is 1. The van der Waals surface area contributed by atoms with E-state index in [0.29, 0.717) is 0 Å². The van der Waals surface area contributed by atoms with E-state index in [2.05, 4.69) is 0 Å². The van der Waals surface area contributed by atoms with Gasteiger partial charge in [0, 0.05) is 6.92 Å². The topological polar surface area (TPSA) is 26.3 Å². The van der Waals surface area contributed by atoms with Crippen LogP contribution in [-0.2, 0) is 9.53 Å². The van der Waals surface area contributed by atoms with Gasteiger partial charge in [-0.3, -0.25) is 4.79 Å². The number of esters is 1. The molecule has 0 aliphatic carbocycles. The summed E-state index contributed by atoms with van der Waals surface area (Å²) in [4.78, 5) is 11.2. The molecule has 126 valence electrons. The highest BCUT2D eigenvalue weighted by molar-refractivity contribution is 5.66. The lowest BCUT2D eigenvalue weighted by Crippen LogP contribution is -2.34. The van der Waals surface area contributed by atoms with Crippen molar-refractivity contribution < 1.29 is 22.7 Å². The molecule has 0 saturated carbocycles. The third kappa shape index (κ3) is 7.17. The molecular weight excluding hydrogens is 305 g/mol. The Morgan fingerprint density at radius 2 is 1.70 bits per heavy atom. The molecule has 0 N–H and O–H groups in total. The molecule has 2 atom stereocenters. The molecule has 1 rings (SSSR count). The van der Waals surface area contributed by atoms with E-state index in [1.807, 2.05) is 6.07 Å². The van der Waals surface area contributed by atoms with Crippen molar-refractivity contribution in [3.8, 4) is 0 Å². The number of allylic oxidation sites excluding steroid dienone is 1. The Bertz CT molecular complexity index is 545. The Balaban J connectivity index is 3.09. The van der Waals surface area contributed by atoms with Crippen LogP contribution in [0.15, 0.2) is 48.6 Å². The fourth-order valence-electron chi connectivity index (χ4n) is 1.94. The molecule has 0 saturated heterocycles. The lowest BCUT2D eigenvalue weighted by Gasteiger charge is -2.24. The zero-order chi connectivity index (χ0) is 17.5. The van der Waals surface area contributed by atoms with Crippen LogP contribution in [0.4, 0.5) is 13.2 Å². The molecule has 0 unspecified atom stereocenters. The SMILES string of the molecule is CC(=O)O[C@H](/C=C/c1ccccc1)[C@H](/C=C\C(C)C)C(F)(F)F. The first-order chi connectivity index (χ1) is 10.7. The Hall–Kier alpha value is -2.04. The minimum absolute atomic E-state index is 0.0315. The first-order valence-corrected chi connectivity index (χ1v) is 7.35. The Morgan fingerprint density at radius 3 is 2.17 bits per heavy atom. The van der Waals surface area contributed by atoms with Gasteiger partial charge in [-0.15, -0.1) is 0 Å². The van der Waals surface area contributed by atoms with Crippen molar-refractivity contribution in [2.45, 2.75) is 33.1 Å². The maximum Gasteiger partial charge on any atom is 0.399 e. The van der Waals surface area contributed by atoms with E-state index < -0.39 is 24.2 Å². The first-order valence-electron chi connectivity index (χ1n) is 7.35. The summed E-state index contributed by atoms with van der Waals surface area (Å²) in [6.45, 7) is 4.66. The van der Waals surface area contributed by atoms with Gasteiger partial charge in [0.1, 0.15) is 12.0 Å². The molecule has 0 aliphatic rings. The van der Waals surface area contributed by atoms with Crippen LogP contribution < -0.4 is 0 Å². The zero-order valence-electron chi connectivity index (χ0n) is 13.4. The third-order valence-corrected chi connectivity index (χ3v) is 3.02. The largest absolute Gasteiger partial charge is 0.457 e. The number of halogens is 3. The maximum absolute atomic E-state index is 13.3. The third-order valence-electron chi connectivity index (χ3n) is 3.02. The minimum atomic E-state index is -4.51. The van der Waals surface area contributed by atoms with Crippen LogP contribution in [0.1, 0.15) is 26.3 Å². The molecule has 0 fully saturated rings. The molecule has 0 bridgehead atoms. The van der Waals surface area contributed by atoms with Gasteiger partial charge in [-0.25, -0.2) is 0 Å². The monoisotopic (exact) mass is 326 g/mol. The Kier molecular flexibility index (Phi) is 7.07. The van der Waals surface area contributed by atoms with Crippen LogP contribution in [0.5, 0.6) is 0 Å². The van der Waals surface area contributed by atoms with E-state index in [0.717, 1.165) is 18.6 Å². The van der Waals surface area contributed by atoms with Gasteiger partial charge in [0.05, 0.1) is 0 Å². The molecule has 0 radical (unpaired) electrons. The highest BCUT2D eigenvalue weighted by atomic mass is 19.4. The van der Waals surface area contributed by atoms with E-state index in [4.69, 9.17) is 4.74 Å². The predicted molar refractivity (Wildman–Crippen MR) is 84.6 cm³/mol. The number of carbonyl (C=O) groups is 1. The highest BCUT2D eigenvalue weighted by Gasteiger charge is 2.43. The predicted octanol–water partition coefficient (Wildman–Crippen LogP) is 5.02. The molecule has 2 nitrogen and oxygen atoms in total. The lowest BCUT2D eigenvalue weighted by atomic mass is 9.98. The second kappa shape index (κ2) is 8.56. The van der Waals surface area contributed by atoms with Crippen LogP contribution in [-0.4, -0.2) is 18.2 Å². The van der Waals surface area contributed by atoms with E-state index in [-0.39, 0.29) is 5.92 Å². The number of rotatable bonds is 6. The molecule has 1 aromatic carbocycles. The second-order valence-corrected chi connectivity index (χ2v) is 5.54. The van der Waals surface area contributed by atoms with Gasteiger partial charge in [-0.2, -0.15) is 13.2 Å². The second-order valence-electron chi connectivity index (χ2n) is 5.54. The fourth-order valence-corrected chi connectivity index (χ4v) is 1.94. The highest BCUT2D eigenvalue weighted by Crippen LogP contribution is 2.33. The minimum Gasteiger partial charge on any atom is -0.457 e. The number of hydrogen-bond acceptors (Lipinski definition) is 2. The lowest BCUT2D eigenvalue weighted by molar-refractivity contribution is -0.188. The summed E-state index contributed by atoms with van der Waals surface area (Å²) in [7, 11) is 0. The summed E-state index contributed by atoms with van der Waals surface area (Å²) in [5.74, 6) is -2.66. The molecule has 5 heteroatoms. The van der Waals surface area contributed by atoms with Crippen LogP contribution in [0.3, 0.4) is 0 Å². The van der Waals surface area contributed by atoms with Crippen molar-refractivity contribution in [1.82, 2.24) is 0 Å². The van der Waals surface area contributed by atoms with Gasteiger partial charge in [-0.05, 0) is 17.6 Å². The van der Waals surface area contributed by atoms with Gasteiger partial charge in [-0.1, -0.05) is 62.4 Å². The van der Waals surface area contributed by atoms with Gasteiger partial charge >= 0.3 is 12.1 Å². The van der Waals surface area contributed by atoms with Crippen molar-refractivity contribution >= 4 is 12.0 Å². The fraction of sp³-hybridized carbons (Fsp3) is 0.389. The van der Waals surface area contributed by atoms with Crippen LogP contribution in [0.25, 0.3) is 6.08 Å². The molecule has 0 aliphatic heterocycles. The van der Waals surface area contributed by atoms with E-state index in [1.54, 1.807) is 38.1 Å². The van der Waals surface area contributed by atoms with Crippen molar-refractivity contribution in [3.05, 3.63) is 54.1 Å². The van der Waals surface area contributed by atoms with E-state index >= 15 is 0 Å². The molecule has 0 aromatic heterocycles. The van der Waals surface area contributed by atoms with Gasteiger partial charge in [0.25, 0.3) is 0 Å². The number of hydrogen-bond donors (Lipinski definition) is 0. The summed E-state index contributed by atoms with van der Waals surface area (Å²) >= 11 is 0. The number of alkyl halides is 3. The van der Waals surface area contributed by atoms with E-state index in [9.17, 15) is 18.0 Å². The van der Waals surface area contributed by atoms with Gasteiger partial charge in [0.2, 0.25) is 0 Å². The quantitative estimate of drug-likeness (QED) is 0.542. The van der Waals surface area contributed by atoms with Crippen molar-refractivity contribution in [2.24, 2.45) is 11.8 Å². The van der Waals surface area contributed by atoms with Crippen molar-refractivity contribution in [2.75, 3.05) is 0 Å². The average molecular weight is 326 g/mol. The zero-order valence-corrected chi connectivity index (χ0v) is 13.4. The molecule has 0 heterocycles. The molecule has 23 heavy (non-hydrogen) atoms. The van der Waals surface area contributed by atoms with Crippen LogP contribution in [0.2, 0.25) is 0 Å². The summed E-state index contributed by atoms with van der Waals surface area (Å²) in [5.41, 5.74) is 0.735. The van der Waals surface area contributed by atoms with Crippen LogP contribution in [0, 0.1) is 11.8 Å². The van der Waals surface area contributed by atoms with Gasteiger partial charge < -0.3 is 4.74 Å². The molecule has 0 spiro atoms. The first kappa shape index (κ1) is 19.0. The smallest absolute Gasteiger partial charge is 0.399 e. The van der Waals surface area contributed by atoms with Crippen molar-refractivity contribution in [1.29, 1.82) is 0 Å². The normalized spacial score (nSPS) is 15.3. The van der Waals surface area contributed by atoms with Crippen molar-refractivity contribution in [3.63, 3.8) is 0 Å². The maximum atomic E-state index is 13.3. The summed E-state index contributed by atoms with van der Waals surface area (Å²) in [6.07, 6.45) is -0.581. The molecule has 1 aromatic rings. The van der Waals surface area contributed by atoms with Crippen LogP contribution >= 0.6 is 0 Å². The standard InChI is InChI=1S/C18H21F3O2/c1-13(2)9-11-16(18(19,20)21)17(23-14(3)22)12-10-15-7-5-4-6-8-15/h4-13,16-17H,1-3H3/b11-9-,12-10+/t16-,17+/m0/s1. The summed E-state index contributed by atoms with van der Waals surface area (Å²) < 4.78 is 44.9. The van der Waals surface area contributed by atoms with E-state index in [1.165, 1.54) is 18.2 Å². The Morgan fingerprint density at radius 1 is 1.09 bits per heavy atom. The number of benzene rings is 1. The average Bonchev–Trinajstić information content (AvgIpc) is 2.43.